The fraction of sp³-hybridized carbons (Fsp3) is 0.375. The van der Waals surface area contributed by atoms with Crippen LogP contribution in [-0.2, 0) is 13.1 Å². The predicted molar refractivity (Wildman–Crippen MR) is 89.6 cm³/mol. The van der Waals surface area contributed by atoms with E-state index >= 15 is 0 Å². The first-order chi connectivity index (χ1) is 10.6. The summed E-state index contributed by atoms with van der Waals surface area (Å²) >= 11 is 1.64. The molecule has 2 aromatic rings. The Morgan fingerprint density at radius 1 is 1.32 bits per heavy atom. The first-order valence-electron chi connectivity index (χ1n) is 7.21. The molecule has 1 aromatic carbocycles. The van der Waals surface area contributed by atoms with Crippen LogP contribution in [0.25, 0.3) is 0 Å². The number of thiazole rings is 1. The Bertz CT molecular complexity index is 637. The Morgan fingerprint density at radius 2 is 2.09 bits per heavy atom. The molecule has 22 heavy (non-hydrogen) atoms. The Hall–Kier alpha value is -1.95. The van der Waals surface area contributed by atoms with Gasteiger partial charge in [-0.05, 0) is 23.6 Å². The normalized spacial score (nSPS) is 11.8. The van der Waals surface area contributed by atoms with Crippen LogP contribution in [0, 0.1) is 5.82 Å². The van der Waals surface area contributed by atoms with Gasteiger partial charge in [0.2, 0.25) is 0 Å². The van der Waals surface area contributed by atoms with Crippen LogP contribution in [0.4, 0.5) is 4.39 Å². The monoisotopic (exact) mass is 320 g/mol. The molecule has 0 saturated carbocycles. The van der Waals surface area contributed by atoms with E-state index in [0.29, 0.717) is 25.0 Å². The number of hydrogen-bond donors (Lipinski definition) is 2. The van der Waals surface area contributed by atoms with Crippen molar-refractivity contribution in [2.45, 2.75) is 32.9 Å². The third kappa shape index (κ3) is 4.80. The largest absolute Gasteiger partial charge is 0.352 e. The lowest BCUT2D eigenvalue weighted by molar-refractivity contribution is 0.624. The SMILES string of the molecule is CN=C(NCc1cccc(F)c1)NCc1nc(C(C)C)cs1. The molecular formula is C16H21FN4S. The van der Waals surface area contributed by atoms with Crippen molar-refractivity contribution >= 4 is 17.3 Å². The van der Waals surface area contributed by atoms with Crippen LogP contribution < -0.4 is 10.6 Å². The van der Waals surface area contributed by atoms with Gasteiger partial charge in [0.25, 0.3) is 0 Å². The summed E-state index contributed by atoms with van der Waals surface area (Å²) in [5.41, 5.74) is 1.99. The fourth-order valence-corrected chi connectivity index (χ4v) is 2.78. The van der Waals surface area contributed by atoms with Gasteiger partial charge in [-0.2, -0.15) is 0 Å². The van der Waals surface area contributed by atoms with Crippen LogP contribution in [0.1, 0.15) is 36.0 Å². The molecule has 0 atom stereocenters. The summed E-state index contributed by atoms with van der Waals surface area (Å²) in [6, 6.07) is 6.52. The topological polar surface area (TPSA) is 49.3 Å². The van der Waals surface area contributed by atoms with Crippen LogP contribution in [0.5, 0.6) is 0 Å². The summed E-state index contributed by atoms with van der Waals surface area (Å²) in [6.45, 7) is 5.41. The third-order valence-corrected chi connectivity index (χ3v) is 4.01. The second-order valence-electron chi connectivity index (χ2n) is 5.23. The van der Waals surface area contributed by atoms with E-state index in [1.165, 1.54) is 12.1 Å². The lowest BCUT2D eigenvalue weighted by Crippen LogP contribution is -2.36. The molecule has 0 amide bonds. The zero-order chi connectivity index (χ0) is 15.9. The average Bonchev–Trinajstić information content (AvgIpc) is 2.97. The molecule has 0 aliphatic heterocycles. The third-order valence-electron chi connectivity index (χ3n) is 3.14. The highest BCUT2D eigenvalue weighted by atomic mass is 32.1. The van der Waals surface area contributed by atoms with Crippen molar-refractivity contribution in [1.29, 1.82) is 0 Å². The van der Waals surface area contributed by atoms with Crippen molar-refractivity contribution in [1.82, 2.24) is 15.6 Å². The van der Waals surface area contributed by atoms with E-state index in [1.54, 1.807) is 24.5 Å². The van der Waals surface area contributed by atoms with Crippen LogP contribution in [0.15, 0.2) is 34.6 Å². The molecule has 0 unspecified atom stereocenters. The molecule has 4 nitrogen and oxygen atoms in total. The molecule has 0 aliphatic rings. The summed E-state index contributed by atoms with van der Waals surface area (Å²) in [5, 5.41) is 9.49. The van der Waals surface area contributed by atoms with Crippen molar-refractivity contribution in [2.75, 3.05) is 7.05 Å². The molecule has 0 bridgehead atoms. The number of benzene rings is 1. The maximum absolute atomic E-state index is 13.1. The molecule has 0 aliphatic carbocycles. The number of rotatable bonds is 5. The van der Waals surface area contributed by atoms with Gasteiger partial charge in [0.05, 0.1) is 12.2 Å². The number of halogens is 1. The Balaban J connectivity index is 1.84. The number of aliphatic imine (C=N–C) groups is 1. The molecule has 0 saturated heterocycles. The highest BCUT2D eigenvalue weighted by Crippen LogP contribution is 2.17. The lowest BCUT2D eigenvalue weighted by Gasteiger charge is -2.11. The molecule has 6 heteroatoms. The predicted octanol–water partition coefficient (Wildman–Crippen LogP) is 3.27. The minimum absolute atomic E-state index is 0.230. The van der Waals surface area contributed by atoms with Gasteiger partial charge >= 0.3 is 0 Å². The highest BCUT2D eigenvalue weighted by molar-refractivity contribution is 7.09. The average molecular weight is 320 g/mol. The molecule has 1 aromatic heterocycles. The van der Waals surface area contributed by atoms with Gasteiger partial charge < -0.3 is 10.6 Å². The van der Waals surface area contributed by atoms with Gasteiger partial charge in [-0.25, -0.2) is 9.37 Å². The van der Waals surface area contributed by atoms with Gasteiger partial charge in [0.1, 0.15) is 10.8 Å². The first kappa shape index (κ1) is 16.4. The number of guanidine groups is 1. The van der Waals surface area contributed by atoms with Gasteiger partial charge in [-0.3, -0.25) is 4.99 Å². The second kappa shape index (κ2) is 7.89. The molecule has 0 spiro atoms. The summed E-state index contributed by atoms with van der Waals surface area (Å²) < 4.78 is 13.1. The molecule has 2 N–H and O–H groups in total. The van der Waals surface area contributed by atoms with Crippen molar-refractivity contribution < 1.29 is 4.39 Å². The summed E-state index contributed by atoms with van der Waals surface area (Å²) in [4.78, 5) is 8.73. The van der Waals surface area contributed by atoms with Gasteiger partial charge in [0, 0.05) is 19.0 Å². The van der Waals surface area contributed by atoms with E-state index in [-0.39, 0.29) is 5.82 Å². The molecule has 0 fully saturated rings. The van der Waals surface area contributed by atoms with E-state index < -0.39 is 0 Å². The van der Waals surface area contributed by atoms with Crippen molar-refractivity contribution in [3.63, 3.8) is 0 Å². The molecule has 2 rings (SSSR count). The fourth-order valence-electron chi connectivity index (χ4n) is 1.88. The first-order valence-corrected chi connectivity index (χ1v) is 8.09. The molecule has 1 heterocycles. The van der Waals surface area contributed by atoms with Gasteiger partial charge in [-0.15, -0.1) is 11.3 Å². The Labute approximate surface area is 134 Å². The molecule has 118 valence electrons. The van der Waals surface area contributed by atoms with Crippen molar-refractivity contribution in [2.24, 2.45) is 4.99 Å². The Kier molecular flexibility index (Phi) is 5.89. The maximum Gasteiger partial charge on any atom is 0.191 e. The van der Waals surface area contributed by atoms with Crippen molar-refractivity contribution in [3.8, 4) is 0 Å². The maximum atomic E-state index is 13.1. The van der Waals surface area contributed by atoms with Crippen LogP contribution in [-0.4, -0.2) is 18.0 Å². The van der Waals surface area contributed by atoms with E-state index in [9.17, 15) is 4.39 Å². The molecular weight excluding hydrogens is 299 g/mol. The standard InChI is InChI=1S/C16H21FN4S/c1-11(2)14-10-22-15(21-14)9-20-16(18-3)19-8-12-5-4-6-13(17)7-12/h4-7,10-11H,8-9H2,1-3H3,(H2,18,19,20). The van der Waals surface area contributed by atoms with Crippen LogP contribution in [0.3, 0.4) is 0 Å². The minimum atomic E-state index is -0.230. The quantitative estimate of drug-likeness (QED) is 0.657. The van der Waals surface area contributed by atoms with E-state index in [1.807, 2.05) is 6.07 Å². The highest BCUT2D eigenvalue weighted by Gasteiger charge is 2.06. The number of nitrogens with one attached hydrogen (secondary N) is 2. The summed E-state index contributed by atoms with van der Waals surface area (Å²) in [5.74, 6) is 0.882. The number of nitrogens with zero attached hydrogens (tertiary/aromatic N) is 2. The van der Waals surface area contributed by atoms with Crippen molar-refractivity contribution in [3.05, 3.63) is 51.7 Å². The lowest BCUT2D eigenvalue weighted by atomic mass is 10.2. The van der Waals surface area contributed by atoms with Gasteiger partial charge in [-0.1, -0.05) is 26.0 Å². The zero-order valence-electron chi connectivity index (χ0n) is 13.1. The number of aromatic nitrogens is 1. The summed E-state index contributed by atoms with van der Waals surface area (Å²) in [6.07, 6.45) is 0. The second-order valence-corrected chi connectivity index (χ2v) is 6.17. The van der Waals surface area contributed by atoms with E-state index in [0.717, 1.165) is 16.3 Å². The summed E-state index contributed by atoms with van der Waals surface area (Å²) in [7, 11) is 1.71. The van der Waals surface area contributed by atoms with E-state index in [2.05, 4.69) is 39.8 Å². The zero-order valence-corrected chi connectivity index (χ0v) is 13.9. The van der Waals surface area contributed by atoms with Gasteiger partial charge in [0.15, 0.2) is 5.96 Å². The smallest absolute Gasteiger partial charge is 0.191 e. The van der Waals surface area contributed by atoms with Crippen LogP contribution in [0.2, 0.25) is 0 Å². The Morgan fingerprint density at radius 3 is 2.73 bits per heavy atom. The van der Waals surface area contributed by atoms with Crippen LogP contribution >= 0.6 is 11.3 Å². The van der Waals surface area contributed by atoms with E-state index in [4.69, 9.17) is 0 Å². The number of hydrogen-bond acceptors (Lipinski definition) is 3. The minimum Gasteiger partial charge on any atom is -0.352 e. The molecule has 0 radical (unpaired) electrons.